The van der Waals surface area contributed by atoms with Gasteiger partial charge in [0.1, 0.15) is 6.54 Å². The maximum Gasteiger partial charge on any atom is 0.257 e. The fraction of sp³-hybridized carbons (Fsp3) is 0.333. The number of hydrogen-bond donors (Lipinski definition) is 1. The van der Waals surface area contributed by atoms with Crippen molar-refractivity contribution in [3.8, 4) is 0 Å². The van der Waals surface area contributed by atoms with Gasteiger partial charge in [-0.1, -0.05) is 37.3 Å². The number of anilines is 1. The predicted octanol–water partition coefficient (Wildman–Crippen LogP) is 3.28. The van der Waals surface area contributed by atoms with Crippen molar-refractivity contribution >= 4 is 11.6 Å². The molecule has 0 aliphatic heterocycles. The fourth-order valence-electron chi connectivity index (χ4n) is 2.16. The third-order valence-electron chi connectivity index (χ3n) is 3.15. The number of aromatic nitrogens is 2. The molecule has 1 aromatic heterocycles. The van der Waals surface area contributed by atoms with E-state index in [9.17, 15) is 13.6 Å². The van der Waals surface area contributed by atoms with Gasteiger partial charge in [0.05, 0.1) is 17.8 Å². The van der Waals surface area contributed by atoms with Crippen molar-refractivity contribution in [1.82, 2.24) is 9.78 Å². The number of amides is 1. The minimum absolute atomic E-state index is 0.166. The Labute approximate surface area is 121 Å². The molecule has 4 nitrogen and oxygen atoms in total. The normalized spacial score (nSPS) is 12.4. The van der Waals surface area contributed by atoms with Gasteiger partial charge in [0.2, 0.25) is 5.91 Å². The highest BCUT2D eigenvalue weighted by Crippen LogP contribution is 2.21. The minimum atomic E-state index is -2.47. The molecule has 0 saturated heterocycles. The van der Waals surface area contributed by atoms with Gasteiger partial charge >= 0.3 is 0 Å². The highest BCUT2D eigenvalue weighted by Gasteiger charge is 2.19. The Hall–Kier alpha value is -2.24. The molecular formula is C15H17F2N3O. The lowest BCUT2D eigenvalue weighted by atomic mass is 9.96. The number of halogens is 2. The Balaban J connectivity index is 2.04. The number of hydrogen-bond acceptors (Lipinski definition) is 2. The van der Waals surface area contributed by atoms with Crippen LogP contribution in [0, 0.1) is 0 Å². The van der Waals surface area contributed by atoms with E-state index in [2.05, 4.69) is 10.4 Å². The van der Waals surface area contributed by atoms with Crippen LogP contribution in [0.3, 0.4) is 0 Å². The van der Waals surface area contributed by atoms with Crippen molar-refractivity contribution < 1.29 is 13.6 Å². The first kappa shape index (κ1) is 15.2. The van der Waals surface area contributed by atoms with Crippen LogP contribution in [0.4, 0.5) is 14.5 Å². The number of benzene rings is 1. The van der Waals surface area contributed by atoms with Gasteiger partial charge in [0.15, 0.2) is 0 Å². The summed E-state index contributed by atoms with van der Waals surface area (Å²) in [5.74, 6) is -0.440. The van der Waals surface area contributed by atoms with Gasteiger partial charge in [-0.15, -0.1) is 0 Å². The maximum absolute atomic E-state index is 12.3. The molecule has 1 N–H and O–H groups in total. The molecule has 1 aromatic carbocycles. The van der Waals surface area contributed by atoms with Crippen LogP contribution in [-0.4, -0.2) is 22.1 Å². The van der Waals surface area contributed by atoms with Gasteiger partial charge in [-0.05, 0) is 12.0 Å². The van der Waals surface area contributed by atoms with Gasteiger partial charge in [-0.2, -0.15) is 5.10 Å². The van der Waals surface area contributed by atoms with E-state index in [0.717, 1.165) is 10.2 Å². The summed E-state index contributed by atoms with van der Waals surface area (Å²) >= 11 is 0. The number of carbonyl (C=O) groups is 1. The topological polar surface area (TPSA) is 46.9 Å². The van der Waals surface area contributed by atoms with E-state index in [1.54, 1.807) is 0 Å². The highest BCUT2D eigenvalue weighted by atomic mass is 19.3. The first-order chi connectivity index (χ1) is 10.1. The summed E-state index contributed by atoms with van der Waals surface area (Å²) in [5.41, 5.74) is 1.35. The van der Waals surface area contributed by atoms with Crippen molar-refractivity contribution in [1.29, 1.82) is 0 Å². The van der Waals surface area contributed by atoms with E-state index in [4.69, 9.17) is 0 Å². The summed E-state index contributed by atoms with van der Waals surface area (Å²) in [6.45, 7) is 1.45. The quantitative estimate of drug-likeness (QED) is 0.888. The Morgan fingerprint density at radius 2 is 2.05 bits per heavy atom. The lowest BCUT2D eigenvalue weighted by Gasteiger charge is -2.14. The van der Waals surface area contributed by atoms with E-state index in [1.165, 1.54) is 12.4 Å². The second-order valence-corrected chi connectivity index (χ2v) is 4.70. The van der Waals surface area contributed by atoms with Crippen LogP contribution in [0.25, 0.3) is 0 Å². The Morgan fingerprint density at radius 3 is 2.67 bits per heavy atom. The van der Waals surface area contributed by atoms with Crippen molar-refractivity contribution in [2.24, 2.45) is 0 Å². The summed E-state index contributed by atoms with van der Waals surface area (Å²) in [6, 6.07) is 9.45. The Kier molecular flexibility index (Phi) is 5.03. The molecule has 1 unspecified atom stereocenters. The van der Waals surface area contributed by atoms with E-state index in [-0.39, 0.29) is 11.8 Å². The number of nitrogens with zero attached hydrogens (tertiary/aromatic N) is 2. The number of carbonyl (C=O) groups excluding carboxylic acids is 1. The lowest BCUT2D eigenvalue weighted by molar-refractivity contribution is -0.117. The first-order valence-electron chi connectivity index (χ1n) is 6.76. The molecule has 0 fully saturated rings. The van der Waals surface area contributed by atoms with Crippen LogP contribution in [0.2, 0.25) is 0 Å². The molecule has 0 aliphatic rings. The zero-order chi connectivity index (χ0) is 15.2. The van der Waals surface area contributed by atoms with Gasteiger partial charge in [-0.25, -0.2) is 8.78 Å². The number of nitrogens with one attached hydrogen (secondary N) is 1. The molecule has 6 heteroatoms. The molecule has 0 radical (unpaired) electrons. The van der Waals surface area contributed by atoms with Crippen LogP contribution in [0.15, 0.2) is 42.7 Å². The smallest absolute Gasteiger partial charge is 0.257 e. The van der Waals surface area contributed by atoms with Crippen LogP contribution in [0.1, 0.15) is 24.8 Å². The molecule has 0 saturated carbocycles. The molecule has 21 heavy (non-hydrogen) atoms. The second kappa shape index (κ2) is 6.97. The summed E-state index contributed by atoms with van der Waals surface area (Å²) in [6.07, 6.45) is 0.960. The Bertz CT molecular complexity index is 584. The van der Waals surface area contributed by atoms with Crippen molar-refractivity contribution in [3.63, 3.8) is 0 Å². The van der Waals surface area contributed by atoms with Crippen LogP contribution >= 0.6 is 0 Å². The molecular weight excluding hydrogens is 276 g/mol. The largest absolute Gasteiger partial charge is 0.323 e. The highest BCUT2D eigenvalue weighted by molar-refractivity contribution is 5.95. The van der Waals surface area contributed by atoms with Gasteiger partial charge < -0.3 is 5.32 Å². The maximum atomic E-state index is 12.3. The average molecular weight is 293 g/mol. The monoisotopic (exact) mass is 293 g/mol. The third-order valence-corrected chi connectivity index (χ3v) is 3.15. The lowest BCUT2D eigenvalue weighted by Crippen LogP contribution is -2.20. The van der Waals surface area contributed by atoms with Crippen LogP contribution < -0.4 is 5.32 Å². The molecule has 1 amide bonds. The second-order valence-electron chi connectivity index (χ2n) is 4.70. The molecule has 1 heterocycles. The standard InChI is InChI=1S/C15H17F2N3O/c1-2-13(11-6-4-3-5-7-11)15(21)19-12-8-18-20(9-12)10-14(16)17/h3-9,13-14H,2,10H2,1H3,(H,19,21). The molecule has 2 rings (SSSR count). The van der Waals surface area contributed by atoms with E-state index >= 15 is 0 Å². The van der Waals surface area contributed by atoms with Gasteiger partial charge in [-0.3, -0.25) is 9.48 Å². The van der Waals surface area contributed by atoms with Crippen LogP contribution in [0.5, 0.6) is 0 Å². The van der Waals surface area contributed by atoms with Crippen LogP contribution in [-0.2, 0) is 11.3 Å². The molecule has 0 bridgehead atoms. The first-order valence-corrected chi connectivity index (χ1v) is 6.76. The minimum Gasteiger partial charge on any atom is -0.323 e. The number of alkyl halides is 2. The predicted molar refractivity (Wildman–Crippen MR) is 76.3 cm³/mol. The van der Waals surface area contributed by atoms with Crippen molar-refractivity contribution in [2.75, 3.05) is 5.32 Å². The summed E-state index contributed by atoms with van der Waals surface area (Å²) in [7, 11) is 0. The molecule has 2 aromatic rings. The molecule has 0 spiro atoms. The molecule has 1 atom stereocenters. The molecule has 112 valence electrons. The average Bonchev–Trinajstić information content (AvgIpc) is 2.87. The SMILES string of the molecule is CCC(C(=O)Nc1cnn(CC(F)F)c1)c1ccccc1. The van der Waals surface area contributed by atoms with Crippen molar-refractivity contribution in [3.05, 3.63) is 48.3 Å². The van der Waals surface area contributed by atoms with Crippen molar-refractivity contribution in [2.45, 2.75) is 32.2 Å². The van der Waals surface area contributed by atoms with Gasteiger partial charge in [0, 0.05) is 6.20 Å². The zero-order valence-electron chi connectivity index (χ0n) is 11.7. The fourth-order valence-corrected chi connectivity index (χ4v) is 2.16. The van der Waals surface area contributed by atoms with E-state index < -0.39 is 13.0 Å². The van der Waals surface area contributed by atoms with E-state index in [0.29, 0.717) is 12.1 Å². The summed E-state index contributed by atoms with van der Waals surface area (Å²) < 4.78 is 25.6. The zero-order valence-corrected chi connectivity index (χ0v) is 11.7. The van der Waals surface area contributed by atoms with E-state index in [1.807, 2.05) is 37.3 Å². The number of rotatable bonds is 6. The summed E-state index contributed by atoms with van der Waals surface area (Å²) in [5, 5.41) is 6.51. The molecule has 0 aliphatic carbocycles. The third kappa shape index (κ3) is 4.11. The van der Waals surface area contributed by atoms with Gasteiger partial charge in [0.25, 0.3) is 6.43 Å². The Morgan fingerprint density at radius 1 is 1.33 bits per heavy atom. The summed E-state index contributed by atoms with van der Waals surface area (Å²) in [4.78, 5) is 12.3.